The maximum atomic E-state index is 13.5. The Kier molecular flexibility index (Phi) is 5.14. The van der Waals surface area contributed by atoms with Crippen LogP contribution in [0.4, 0.5) is 0 Å². The first-order valence-electron chi connectivity index (χ1n) is 7.97. The van der Waals surface area contributed by atoms with Gasteiger partial charge in [-0.1, -0.05) is 53.7 Å². The van der Waals surface area contributed by atoms with Crippen LogP contribution in [0.25, 0.3) is 0 Å². The summed E-state index contributed by atoms with van der Waals surface area (Å²) < 4.78 is 24.8. The Balaban J connectivity index is 2.15. The molecule has 2 aromatic carbocycles. The molecule has 0 radical (unpaired) electrons. The number of nitrogens with zero attached hydrogens (tertiary/aromatic N) is 1. The fourth-order valence-electron chi connectivity index (χ4n) is 2.77. The van der Waals surface area contributed by atoms with E-state index >= 15 is 0 Å². The van der Waals surface area contributed by atoms with Crippen LogP contribution in [0.3, 0.4) is 0 Å². The Morgan fingerprint density at radius 1 is 1.00 bits per heavy atom. The van der Waals surface area contributed by atoms with Crippen molar-refractivity contribution in [2.75, 3.05) is 13.2 Å². The van der Waals surface area contributed by atoms with Gasteiger partial charge in [0.05, 0.1) is 13.2 Å². The Labute approximate surface area is 141 Å². The Bertz CT molecular complexity index is 766. The van der Waals surface area contributed by atoms with E-state index in [9.17, 15) is 4.57 Å². The maximum absolute atomic E-state index is 13.5. The fraction of sp³-hybridized carbons (Fsp3) is 0.278. The molecule has 2 aromatic rings. The van der Waals surface area contributed by atoms with Crippen molar-refractivity contribution in [3.63, 3.8) is 0 Å². The molecule has 126 valence electrons. The molecule has 0 fully saturated rings. The number of fused-ring (bicyclic) bond motifs is 1. The minimum absolute atomic E-state index is 0.291. The van der Waals surface area contributed by atoms with Crippen molar-refractivity contribution in [2.45, 2.75) is 19.5 Å². The molecule has 1 atom stereocenters. The Morgan fingerprint density at radius 2 is 1.62 bits per heavy atom. The minimum Gasteiger partial charge on any atom is -0.356 e. The molecule has 1 aliphatic heterocycles. The van der Waals surface area contributed by atoms with Gasteiger partial charge in [0.15, 0.2) is 5.75 Å². The third-order valence-electron chi connectivity index (χ3n) is 3.72. The lowest BCUT2D eigenvalue weighted by molar-refractivity contribution is 0.214. The van der Waals surface area contributed by atoms with Crippen molar-refractivity contribution < 1.29 is 18.5 Å². The van der Waals surface area contributed by atoms with E-state index in [1.54, 1.807) is 19.9 Å². The summed E-state index contributed by atoms with van der Waals surface area (Å²) in [5, 5.41) is 4.24. The zero-order valence-corrected chi connectivity index (χ0v) is 14.6. The van der Waals surface area contributed by atoms with Gasteiger partial charge in [-0.25, -0.2) is 0 Å². The van der Waals surface area contributed by atoms with Crippen molar-refractivity contribution >= 4 is 13.3 Å². The molecule has 1 heterocycles. The van der Waals surface area contributed by atoms with Crippen LogP contribution in [-0.4, -0.2) is 18.9 Å². The van der Waals surface area contributed by atoms with Gasteiger partial charge in [-0.15, -0.1) is 0 Å². The fourth-order valence-corrected chi connectivity index (χ4v) is 4.91. The molecule has 5 nitrogen and oxygen atoms in total. The normalized spacial score (nSPS) is 16.9. The summed E-state index contributed by atoms with van der Waals surface area (Å²) in [6, 6.07) is 17.0. The van der Waals surface area contributed by atoms with E-state index in [2.05, 4.69) is 5.16 Å². The first-order valence-corrected chi connectivity index (χ1v) is 9.59. The summed E-state index contributed by atoms with van der Waals surface area (Å²) in [4.78, 5) is 5.53. The number of hydrogen-bond donors (Lipinski definition) is 0. The quantitative estimate of drug-likeness (QED) is 0.706. The minimum atomic E-state index is -3.46. The number of benzene rings is 2. The molecule has 0 saturated heterocycles. The second kappa shape index (κ2) is 7.31. The Morgan fingerprint density at radius 3 is 2.29 bits per heavy atom. The van der Waals surface area contributed by atoms with Crippen molar-refractivity contribution in [3.05, 3.63) is 65.7 Å². The van der Waals surface area contributed by atoms with Crippen LogP contribution in [0, 0.1) is 0 Å². The van der Waals surface area contributed by atoms with E-state index in [0.717, 1.165) is 11.1 Å². The highest BCUT2D eigenvalue weighted by Gasteiger charge is 2.44. The Hall–Kier alpha value is -1.94. The average molecular weight is 345 g/mol. The van der Waals surface area contributed by atoms with Crippen LogP contribution >= 0.6 is 7.60 Å². The number of oxime groups is 1. The topological polar surface area (TPSA) is 57.1 Å². The summed E-state index contributed by atoms with van der Waals surface area (Å²) in [6.45, 7) is 4.18. The van der Waals surface area contributed by atoms with Gasteiger partial charge in [0.25, 0.3) is 0 Å². The maximum Gasteiger partial charge on any atom is 0.344 e. The molecule has 0 saturated carbocycles. The second-order valence-electron chi connectivity index (χ2n) is 5.25. The van der Waals surface area contributed by atoms with Crippen molar-refractivity contribution in [1.82, 2.24) is 0 Å². The average Bonchev–Trinajstić information content (AvgIpc) is 2.62. The van der Waals surface area contributed by atoms with E-state index < -0.39 is 13.3 Å². The van der Waals surface area contributed by atoms with Crippen LogP contribution in [0.5, 0.6) is 5.75 Å². The molecule has 0 N–H and O–H groups in total. The molecular formula is C18H20NO4P. The van der Waals surface area contributed by atoms with Crippen molar-refractivity contribution in [1.29, 1.82) is 0 Å². The lowest BCUT2D eigenvalue weighted by Gasteiger charge is -2.30. The van der Waals surface area contributed by atoms with Gasteiger partial charge in [0.1, 0.15) is 11.4 Å². The molecule has 1 aliphatic rings. The number of rotatable bonds is 6. The first kappa shape index (κ1) is 16.9. The first-order chi connectivity index (χ1) is 11.7. The van der Waals surface area contributed by atoms with E-state index in [0.29, 0.717) is 24.7 Å². The number of hydrogen-bond acceptors (Lipinski definition) is 5. The van der Waals surface area contributed by atoms with Gasteiger partial charge in [0, 0.05) is 11.1 Å². The van der Waals surface area contributed by atoms with Crippen molar-refractivity contribution in [3.8, 4) is 5.75 Å². The third kappa shape index (κ3) is 3.16. The molecule has 0 spiro atoms. The van der Waals surface area contributed by atoms with Gasteiger partial charge in [-0.2, -0.15) is 0 Å². The van der Waals surface area contributed by atoms with Crippen LogP contribution in [0.2, 0.25) is 0 Å². The van der Waals surface area contributed by atoms with Crippen molar-refractivity contribution in [2.24, 2.45) is 5.16 Å². The summed E-state index contributed by atoms with van der Waals surface area (Å²) in [7, 11) is -3.46. The van der Waals surface area contributed by atoms with Gasteiger partial charge in [0.2, 0.25) is 0 Å². The zero-order chi connectivity index (χ0) is 17.0. The predicted molar refractivity (Wildman–Crippen MR) is 93.6 cm³/mol. The summed E-state index contributed by atoms with van der Waals surface area (Å²) in [5.41, 5.74) is 1.53. The molecular weight excluding hydrogens is 325 g/mol. The molecule has 0 amide bonds. The SMILES string of the molecule is CCOP(=O)(OCC)C1C(c2ccccc2)=NOc2ccccc21. The summed E-state index contributed by atoms with van der Waals surface area (Å²) >= 11 is 0. The highest BCUT2D eigenvalue weighted by atomic mass is 31.2. The lowest BCUT2D eigenvalue weighted by atomic mass is 10.0. The van der Waals surface area contributed by atoms with Crippen LogP contribution in [0.1, 0.15) is 30.6 Å². The molecule has 0 aromatic heterocycles. The van der Waals surface area contributed by atoms with Gasteiger partial charge in [-0.3, -0.25) is 4.57 Å². The predicted octanol–water partition coefficient (Wildman–Crippen LogP) is 4.79. The van der Waals surface area contributed by atoms with Crippen LogP contribution in [-0.2, 0) is 13.6 Å². The lowest BCUT2D eigenvalue weighted by Crippen LogP contribution is -2.22. The second-order valence-corrected chi connectivity index (χ2v) is 7.36. The van der Waals surface area contributed by atoms with E-state index in [1.807, 2.05) is 48.5 Å². The molecule has 0 bridgehead atoms. The van der Waals surface area contributed by atoms with E-state index in [1.165, 1.54) is 0 Å². The van der Waals surface area contributed by atoms with E-state index in [4.69, 9.17) is 13.9 Å². The van der Waals surface area contributed by atoms with E-state index in [-0.39, 0.29) is 0 Å². The zero-order valence-electron chi connectivity index (χ0n) is 13.7. The highest BCUT2D eigenvalue weighted by molar-refractivity contribution is 7.55. The highest BCUT2D eigenvalue weighted by Crippen LogP contribution is 2.64. The smallest absolute Gasteiger partial charge is 0.344 e. The summed E-state index contributed by atoms with van der Waals surface area (Å²) in [5.74, 6) is 0.571. The van der Waals surface area contributed by atoms with Crippen LogP contribution < -0.4 is 4.84 Å². The molecule has 6 heteroatoms. The molecule has 3 rings (SSSR count). The largest absolute Gasteiger partial charge is 0.356 e. The standard InChI is InChI=1S/C18H20NO4P/c1-3-21-24(20,22-4-2)18-15-12-8-9-13-16(15)23-19-17(18)14-10-6-5-7-11-14/h5-13,18H,3-4H2,1-2H3. The van der Waals surface area contributed by atoms with Crippen LogP contribution in [0.15, 0.2) is 59.8 Å². The van der Waals surface area contributed by atoms with Gasteiger partial charge < -0.3 is 13.9 Å². The van der Waals surface area contributed by atoms with Gasteiger partial charge in [-0.05, 0) is 19.9 Å². The monoisotopic (exact) mass is 345 g/mol. The third-order valence-corrected chi connectivity index (χ3v) is 6.11. The molecule has 0 aliphatic carbocycles. The number of para-hydroxylation sites is 1. The molecule has 24 heavy (non-hydrogen) atoms. The van der Waals surface area contributed by atoms with Gasteiger partial charge >= 0.3 is 7.60 Å². The molecule has 1 unspecified atom stereocenters. The summed E-state index contributed by atoms with van der Waals surface area (Å²) in [6.07, 6.45) is 0.